The minimum Gasteiger partial charge on any atom is -0.210 e. The molecule has 116 valence electrons. The summed E-state index contributed by atoms with van der Waals surface area (Å²) in [5.74, 6) is 1.31. The summed E-state index contributed by atoms with van der Waals surface area (Å²) in [7, 11) is -3.28. The van der Waals surface area contributed by atoms with Gasteiger partial charge in [0.25, 0.3) is 0 Å². The summed E-state index contributed by atoms with van der Waals surface area (Å²) in [5, 5.41) is 0. The quantitative estimate of drug-likeness (QED) is 0.905. The van der Waals surface area contributed by atoms with Gasteiger partial charge >= 0.3 is 0 Å². The van der Waals surface area contributed by atoms with Gasteiger partial charge in [0.1, 0.15) is 4.21 Å². The molecule has 1 N–H and O–H groups in total. The molecule has 0 spiro atoms. The van der Waals surface area contributed by atoms with Gasteiger partial charge in [0.15, 0.2) is 0 Å². The van der Waals surface area contributed by atoms with Crippen LogP contribution < -0.4 is 4.72 Å². The molecule has 0 aliphatic heterocycles. The van der Waals surface area contributed by atoms with Crippen LogP contribution >= 0.6 is 11.3 Å². The molecule has 0 amide bonds. The Hall–Kier alpha value is -0.390. The third-order valence-electron chi connectivity index (χ3n) is 3.68. The van der Waals surface area contributed by atoms with E-state index in [1.165, 1.54) is 24.2 Å². The smallest absolute Gasteiger partial charge is 0.210 e. The average Bonchev–Trinajstić information content (AvgIpc) is 2.88. The highest BCUT2D eigenvalue weighted by atomic mass is 32.2. The van der Waals surface area contributed by atoms with Crippen molar-refractivity contribution in [2.45, 2.75) is 57.6 Å². The fraction of sp³-hybridized carbons (Fsp3) is 0.733. The van der Waals surface area contributed by atoms with Gasteiger partial charge in [0.05, 0.1) is 0 Å². The molecule has 1 aliphatic carbocycles. The second-order valence-corrected chi connectivity index (χ2v) is 8.62. The van der Waals surface area contributed by atoms with Crippen molar-refractivity contribution in [3.8, 4) is 0 Å². The zero-order chi connectivity index (χ0) is 15.2. The molecule has 1 saturated carbocycles. The summed E-state index contributed by atoms with van der Waals surface area (Å²) in [6.45, 7) is 8.78. The summed E-state index contributed by atoms with van der Waals surface area (Å²) in [6, 6.07) is 3.53. The molecule has 0 aromatic carbocycles. The summed E-state index contributed by atoms with van der Waals surface area (Å²) in [4.78, 5) is 1.03. The van der Waals surface area contributed by atoms with E-state index < -0.39 is 10.0 Å². The lowest BCUT2D eigenvalue weighted by atomic mass is 9.83. The Kier molecular flexibility index (Phi) is 7.20. The molecule has 0 saturated heterocycles. The van der Waals surface area contributed by atoms with Crippen molar-refractivity contribution in [1.82, 2.24) is 4.72 Å². The predicted octanol–water partition coefficient (Wildman–Crippen LogP) is 4.19. The number of aryl methyl sites for hydroxylation is 1. The van der Waals surface area contributed by atoms with E-state index in [9.17, 15) is 8.42 Å². The Morgan fingerprint density at radius 2 is 1.80 bits per heavy atom. The van der Waals surface area contributed by atoms with E-state index in [1.54, 1.807) is 6.07 Å². The Balaban J connectivity index is 0.000000956. The van der Waals surface area contributed by atoms with Gasteiger partial charge in [-0.15, -0.1) is 11.3 Å². The lowest BCUT2D eigenvalue weighted by Gasteiger charge is -2.26. The zero-order valence-corrected chi connectivity index (χ0v) is 14.6. The third-order valence-corrected chi connectivity index (χ3v) is 6.59. The number of thiophene rings is 1. The maximum absolute atomic E-state index is 12.1. The molecule has 0 unspecified atom stereocenters. The standard InChI is InChI=1S/C13H21NO2S2.C2H6/c1-10-3-6-12(7-4-10)9-14-18(15,16)13-8-5-11(2)17-13;1-2/h5,8,10,12,14H,3-4,6-7,9H2,1-2H3;1-2H3. The fourth-order valence-electron chi connectivity index (χ4n) is 2.39. The molecule has 2 rings (SSSR count). The van der Waals surface area contributed by atoms with Gasteiger partial charge in [0, 0.05) is 11.4 Å². The second kappa shape index (κ2) is 8.15. The predicted molar refractivity (Wildman–Crippen MR) is 86.7 cm³/mol. The van der Waals surface area contributed by atoms with Crippen molar-refractivity contribution in [3.63, 3.8) is 0 Å². The minimum absolute atomic E-state index is 0.434. The van der Waals surface area contributed by atoms with E-state index in [4.69, 9.17) is 0 Å². The first-order chi connectivity index (χ1) is 9.47. The molecule has 1 fully saturated rings. The lowest BCUT2D eigenvalue weighted by Crippen LogP contribution is -2.30. The van der Waals surface area contributed by atoms with Crippen LogP contribution in [0.25, 0.3) is 0 Å². The Bertz CT molecular complexity index is 486. The van der Waals surface area contributed by atoms with Crippen molar-refractivity contribution in [2.75, 3.05) is 6.54 Å². The molecule has 20 heavy (non-hydrogen) atoms. The van der Waals surface area contributed by atoms with Crippen LogP contribution in [0.3, 0.4) is 0 Å². The van der Waals surface area contributed by atoms with Gasteiger partial charge in [-0.2, -0.15) is 0 Å². The van der Waals surface area contributed by atoms with Gasteiger partial charge in [-0.05, 0) is 43.7 Å². The summed E-state index contributed by atoms with van der Waals surface area (Å²) in [5.41, 5.74) is 0. The molecule has 0 atom stereocenters. The van der Waals surface area contributed by atoms with E-state index in [0.717, 1.165) is 23.6 Å². The maximum Gasteiger partial charge on any atom is 0.250 e. The molecule has 3 nitrogen and oxygen atoms in total. The molecule has 0 radical (unpaired) electrons. The second-order valence-electron chi connectivity index (χ2n) is 5.34. The summed E-state index contributed by atoms with van der Waals surface area (Å²) >= 11 is 1.33. The average molecular weight is 318 g/mol. The highest BCUT2D eigenvalue weighted by Crippen LogP contribution is 2.28. The highest BCUT2D eigenvalue weighted by Gasteiger charge is 2.21. The van der Waals surface area contributed by atoms with Crippen molar-refractivity contribution in [3.05, 3.63) is 17.0 Å². The van der Waals surface area contributed by atoms with Gasteiger partial charge < -0.3 is 0 Å². The van der Waals surface area contributed by atoms with Gasteiger partial charge in [0.2, 0.25) is 10.0 Å². The van der Waals surface area contributed by atoms with Crippen molar-refractivity contribution in [1.29, 1.82) is 0 Å². The number of sulfonamides is 1. The van der Waals surface area contributed by atoms with Crippen LogP contribution in [0.2, 0.25) is 0 Å². The minimum atomic E-state index is -3.28. The van der Waals surface area contributed by atoms with E-state index >= 15 is 0 Å². The van der Waals surface area contributed by atoms with Crippen LogP contribution in [-0.4, -0.2) is 15.0 Å². The lowest BCUT2D eigenvalue weighted by molar-refractivity contribution is 0.290. The van der Waals surface area contributed by atoms with E-state index in [-0.39, 0.29) is 0 Å². The van der Waals surface area contributed by atoms with E-state index in [1.807, 2.05) is 26.8 Å². The molecule has 1 aliphatic rings. The SMILES string of the molecule is CC.Cc1ccc(S(=O)(=O)NCC2CCC(C)CC2)s1. The monoisotopic (exact) mass is 317 g/mol. The first-order valence-electron chi connectivity index (χ1n) is 7.53. The molecule has 0 bridgehead atoms. The van der Waals surface area contributed by atoms with Crippen LogP contribution in [0.4, 0.5) is 0 Å². The summed E-state index contributed by atoms with van der Waals surface area (Å²) in [6.07, 6.45) is 4.75. The van der Waals surface area contributed by atoms with Crippen LogP contribution in [0, 0.1) is 18.8 Å². The van der Waals surface area contributed by atoms with Gasteiger partial charge in [-0.3, -0.25) is 0 Å². The Labute approximate surface area is 127 Å². The summed E-state index contributed by atoms with van der Waals surface area (Å²) < 4.78 is 27.3. The number of nitrogens with one attached hydrogen (secondary N) is 1. The highest BCUT2D eigenvalue weighted by molar-refractivity contribution is 7.91. The fourth-order valence-corrected chi connectivity index (χ4v) is 4.83. The van der Waals surface area contributed by atoms with E-state index in [0.29, 0.717) is 16.7 Å². The molecular formula is C15H27NO2S2. The Morgan fingerprint density at radius 1 is 1.20 bits per heavy atom. The Morgan fingerprint density at radius 3 is 2.30 bits per heavy atom. The molecule has 1 aromatic rings. The number of rotatable bonds is 4. The maximum atomic E-state index is 12.1. The molecular weight excluding hydrogens is 290 g/mol. The third kappa shape index (κ3) is 5.19. The molecule has 1 heterocycles. The first-order valence-corrected chi connectivity index (χ1v) is 9.83. The topological polar surface area (TPSA) is 46.2 Å². The molecule has 5 heteroatoms. The van der Waals surface area contributed by atoms with Crippen molar-refractivity contribution in [2.24, 2.45) is 11.8 Å². The van der Waals surface area contributed by atoms with E-state index in [2.05, 4.69) is 11.6 Å². The number of hydrogen-bond acceptors (Lipinski definition) is 3. The van der Waals surface area contributed by atoms with Crippen LogP contribution in [-0.2, 0) is 10.0 Å². The van der Waals surface area contributed by atoms with Crippen LogP contribution in [0.1, 0.15) is 51.3 Å². The largest absolute Gasteiger partial charge is 0.250 e. The number of hydrogen-bond donors (Lipinski definition) is 1. The van der Waals surface area contributed by atoms with Crippen LogP contribution in [0.15, 0.2) is 16.3 Å². The zero-order valence-electron chi connectivity index (χ0n) is 13.0. The molecule has 1 aromatic heterocycles. The van der Waals surface area contributed by atoms with Gasteiger partial charge in [-0.1, -0.05) is 33.6 Å². The normalized spacial score (nSPS) is 23.0. The first kappa shape index (κ1) is 17.7. The van der Waals surface area contributed by atoms with Crippen LogP contribution in [0.5, 0.6) is 0 Å². The van der Waals surface area contributed by atoms with Crippen molar-refractivity contribution < 1.29 is 8.42 Å². The van der Waals surface area contributed by atoms with Crippen molar-refractivity contribution >= 4 is 21.4 Å². The van der Waals surface area contributed by atoms with Gasteiger partial charge in [-0.25, -0.2) is 13.1 Å².